The molecule has 0 spiro atoms. The van der Waals surface area contributed by atoms with Gasteiger partial charge in [0.05, 0.1) is 6.42 Å². The number of nitrogens with one attached hydrogen (secondary N) is 2. The Kier molecular flexibility index (Phi) is 5.12. The number of rotatable bonds is 5. The summed E-state index contributed by atoms with van der Waals surface area (Å²) in [4.78, 5) is 29.3. The van der Waals surface area contributed by atoms with Crippen molar-refractivity contribution in [3.8, 4) is 0 Å². The number of amides is 2. The second kappa shape index (κ2) is 7.85. The van der Waals surface area contributed by atoms with Crippen LogP contribution in [-0.4, -0.2) is 26.6 Å². The second-order valence-electron chi connectivity index (χ2n) is 6.51. The fourth-order valence-corrected chi connectivity index (χ4v) is 3.75. The van der Waals surface area contributed by atoms with Gasteiger partial charge in [0.1, 0.15) is 6.04 Å². The Bertz CT molecular complexity index is 1020. The van der Waals surface area contributed by atoms with E-state index in [1.54, 1.807) is 0 Å². The number of para-hydroxylation sites is 1. The predicted octanol–water partition coefficient (Wildman–Crippen LogP) is 3.40. The van der Waals surface area contributed by atoms with Crippen molar-refractivity contribution in [2.75, 3.05) is 10.6 Å². The minimum absolute atomic E-state index is 0.0247. The molecule has 1 aromatic heterocycles. The first-order valence-corrected chi connectivity index (χ1v) is 9.88. The normalized spacial score (nSPS) is 15.6. The SMILES string of the molecule is Cc1ccccc1NC(=O)C1CC(=O)Nc2nc(SCc3ccccc3)nn21. The third-order valence-corrected chi connectivity index (χ3v) is 5.36. The van der Waals surface area contributed by atoms with Gasteiger partial charge in [0.25, 0.3) is 0 Å². The quantitative estimate of drug-likeness (QED) is 0.649. The van der Waals surface area contributed by atoms with E-state index in [-0.39, 0.29) is 18.2 Å². The third kappa shape index (κ3) is 3.91. The van der Waals surface area contributed by atoms with Gasteiger partial charge in [0.15, 0.2) is 0 Å². The van der Waals surface area contributed by atoms with Crippen LogP contribution in [0.15, 0.2) is 59.8 Å². The molecule has 7 nitrogen and oxygen atoms in total. The average molecular weight is 393 g/mol. The van der Waals surface area contributed by atoms with Gasteiger partial charge in [-0.2, -0.15) is 4.98 Å². The molecule has 28 heavy (non-hydrogen) atoms. The summed E-state index contributed by atoms with van der Waals surface area (Å²) < 4.78 is 1.50. The Labute approximate surface area is 166 Å². The zero-order valence-corrected chi connectivity index (χ0v) is 16.1. The van der Waals surface area contributed by atoms with Gasteiger partial charge in [-0.3, -0.25) is 14.9 Å². The van der Waals surface area contributed by atoms with Crippen LogP contribution < -0.4 is 10.6 Å². The van der Waals surface area contributed by atoms with Crippen LogP contribution in [0.3, 0.4) is 0 Å². The molecule has 8 heteroatoms. The number of carbonyl (C=O) groups is 2. The van der Waals surface area contributed by atoms with Crippen LogP contribution in [0, 0.1) is 6.92 Å². The number of benzene rings is 2. The average Bonchev–Trinajstić information content (AvgIpc) is 3.11. The molecule has 0 bridgehead atoms. The summed E-state index contributed by atoms with van der Waals surface area (Å²) in [5, 5.41) is 10.6. The number of fused-ring (bicyclic) bond motifs is 1. The van der Waals surface area contributed by atoms with E-state index >= 15 is 0 Å². The Balaban J connectivity index is 1.53. The van der Waals surface area contributed by atoms with E-state index in [0.717, 1.165) is 16.8 Å². The summed E-state index contributed by atoms with van der Waals surface area (Å²) in [7, 11) is 0. The van der Waals surface area contributed by atoms with Crippen LogP contribution in [-0.2, 0) is 15.3 Å². The van der Waals surface area contributed by atoms with Crippen LogP contribution in [0.25, 0.3) is 0 Å². The van der Waals surface area contributed by atoms with Gasteiger partial charge in [-0.05, 0) is 24.1 Å². The Morgan fingerprint density at radius 3 is 2.75 bits per heavy atom. The lowest BCUT2D eigenvalue weighted by atomic mass is 10.1. The van der Waals surface area contributed by atoms with Gasteiger partial charge >= 0.3 is 0 Å². The molecule has 3 aromatic rings. The van der Waals surface area contributed by atoms with Crippen LogP contribution in [0.2, 0.25) is 0 Å². The van der Waals surface area contributed by atoms with Crippen molar-refractivity contribution in [1.82, 2.24) is 14.8 Å². The number of anilines is 2. The van der Waals surface area contributed by atoms with Gasteiger partial charge in [0, 0.05) is 11.4 Å². The first-order chi connectivity index (χ1) is 13.6. The molecule has 0 saturated carbocycles. The van der Waals surface area contributed by atoms with E-state index in [1.165, 1.54) is 16.4 Å². The van der Waals surface area contributed by atoms with Gasteiger partial charge in [-0.25, -0.2) is 4.68 Å². The summed E-state index contributed by atoms with van der Waals surface area (Å²) in [6.07, 6.45) is 0.0247. The molecule has 0 radical (unpaired) electrons. The molecule has 2 aromatic carbocycles. The Hall–Kier alpha value is -3.13. The standard InChI is InChI=1S/C20H19N5O2S/c1-13-7-5-6-10-15(13)21-18(27)16-11-17(26)22-19-23-20(24-25(16)19)28-12-14-8-3-2-4-9-14/h2-10,16H,11-12H2,1H3,(H,21,27)(H,22,23,24,26). The second-order valence-corrected chi connectivity index (χ2v) is 7.45. The monoisotopic (exact) mass is 393 g/mol. The van der Waals surface area contributed by atoms with E-state index in [1.807, 2.05) is 61.5 Å². The number of thioether (sulfide) groups is 1. The van der Waals surface area contributed by atoms with Gasteiger partial charge in [0.2, 0.25) is 22.9 Å². The highest BCUT2D eigenvalue weighted by atomic mass is 32.2. The van der Waals surface area contributed by atoms with Gasteiger partial charge in [-0.15, -0.1) is 5.10 Å². The summed E-state index contributed by atoms with van der Waals surface area (Å²) >= 11 is 1.46. The molecular weight excluding hydrogens is 374 g/mol. The summed E-state index contributed by atoms with van der Waals surface area (Å²) in [6, 6.07) is 16.8. The molecule has 142 valence electrons. The van der Waals surface area contributed by atoms with Crippen LogP contribution in [0.4, 0.5) is 11.6 Å². The van der Waals surface area contributed by atoms with E-state index in [4.69, 9.17) is 0 Å². The molecule has 1 aliphatic rings. The van der Waals surface area contributed by atoms with Crippen molar-refractivity contribution in [3.63, 3.8) is 0 Å². The van der Waals surface area contributed by atoms with Crippen molar-refractivity contribution in [1.29, 1.82) is 0 Å². The maximum Gasteiger partial charge on any atom is 0.249 e. The molecule has 4 rings (SSSR count). The lowest BCUT2D eigenvalue weighted by molar-refractivity contribution is -0.125. The summed E-state index contributed by atoms with van der Waals surface area (Å²) in [6.45, 7) is 1.92. The van der Waals surface area contributed by atoms with Crippen LogP contribution in [0.1, 0.15) is 23.6 Å². The molecule has 0 fully saturated rings. The smallest absolute Gasteiger partial charge is 0.249 e. The Morgan fingerprint density at radius 2 is 1.96 bits per heavy atom. The first-order valence-electron chi connectivity index (χ1n) is 8.90. The third-order valence-electron chi connectivity index (χ3n) is 4.45. The molecule has 2 N–H and O–H groups in total. The van der Waals surface area contributed by atoms with Gasteiger partial charge in [-0.1, -0.05) is 60.3 Å². The molecule has 1 atom stereocenters. The highest BCUT2D eigenvalue weighted by molar-refractivity contribution is 7.98. The van der Waals surface area contributed by atoms with E-state index < -0.39 is 6.04 Å². The topological polar surface area (TPSA) is 88.9 Å². The molecule has 2 heterocycles. The van der Waals surface area contributed by atoms with Crippen molar-refractivity contribution < 1.29 is 9.59 Å². The Morgan fingerprint density at radius 1 is 1.21 bits per heavy atom. The summed E-state index contributed by atoms with van der Waals surface area (Å²) in [5.74, 6) is 0.481. The number of aryl methyl sites for hydroxylation is 1. The van der Waals surface area contributed by atoms with E-state index in [2.05, 4.69) is 20.7 Å². The highest BCUT2D eigenvalue weighted by Crippen LogP contribution is 2.28. The van der Waals surface area contributed by atoms with E-state index in [9.17, 15) is 9.59 Å². The van der Waals surface area contributed by atoms with Crippen molar-refractivity contribution in [2.45, 2.75) is 30.3 Å². The maximum absolute atomic E-state index is 12.8. The lowest BCUT2D eigenvalue weighted by Gasteiger charge is -2.22. The molecule has 0 saturated heterocycles. The molecule has 1 unspecified atom stereocenters. The van der Waals surface area contributed by atoms with Crippen molar-refractivity contribution in [2.24, 2.45) is 0 Å². The predicted molar refractivity (Wildman–Crippen MR) is 108 cm³/mol. The fourth-order valence-electron chi connectivity index (χ4n) is 2.96. The highest BCUT2D eigenvalue weighted by Gasteiger charge is 2.33. The number of aromatic nitrogens is 3. The van der Waals surface area contributed by atoms with Crippen molar-refractivity contribution >= 4 is 35.2 Å². The van der Waals surface area contributed by atoms with Crippen molar-refractivity contribution in [3.05, 3.63) is 65.7 Å². The zero-order valence-electron chi connectivity index (χ0n) is 15.3. The molecule has 2 amide bonds. The lowest BCUT2D eigenvalue weighted by Crippen LogP contribution is -2.36. The fraction of sp³-hybridized carbons (Fsp3) is 0.200. The summed E-state index contributed by atoms with van der Waals surface area (Å²) in [5.41, 5.74) is 2.83. The largest absolute Gasteiger partial charge is 0.324 e. The molecule has 1 aliphatic heterocycles. The van der Waals surface area contributed by atoms with E-state index in [0.29, 0.717) is 16.9 Å². The molecular formula is C20H19N5O2S. The molecule has 0 aliphatic carbocycles. The number of hydrogen-bond donors (Lipinski definition) is 2. The maximum atomic E-state index is 12.8. The van der Waals surface area contributed by atoms with Crippen LogP contribution >= 0.6 is 11.8 Å². The minimum Gasteiger partial charge on any atom is -0.324 e. The first kappa shape index (κ1) is 18.2. The minimum atomic E-state index is -0.734. The number of nitrogens with zero attached hydrogens (tertiary/aromatic N) is 3. The van der Waals surface area contributed by atoms with Gasteiger partial charge < -0.3 is 5.32 Å². The number of carbonyl (C=O) groups excluding carboxylic acids is 2. The number of hydrogen-bond acceptors (Lipinski definition) is 5. The zero-order chi connectivity index (χ0) is 19.5. The van der Waals surface area contributed by atoms with Crippen LogP contribution in [0.5, 0.6) is 0 Å².